The molecule has 0 bridgehead atoms. The molecule has 0 radical (unpaired) electrons. The minimum atomic E-state index is -0.0237. The predicted octanol–water partition coefficient (Wildman–Crippen LogP) is 3.08. The molecule has 5 heteroatoms. The fraction of sp³-hybridized carbons (Fsp3) is 0.462. The molecule has 2 N–H and O–H groups in total. The summed E-state index contributed by atoms with van der Waals surface area (Å²) in [6.45, 7) is 1.76. The molecule has 1 aliphatic heterocycles. The Balaban J connectivity index is 1.90. The summed E-state index contributed by atoms with van der Waals surface area (Å²) in [6, 6.07) is 5.99. The average Bonchev–Trinajstić information content (AvgIpc) is 2.36. The molecule has 0 spiro atoms. The van der Waals surface area contributed by atoms with Crippen molar-refractivity contribution in [2.24, 2.45) is 0 Å². The summed E-state index contributed by atoms with van der Waals surface area (Å²) in [5, 5.41) is 6.40. The Morgan fingerprint density at radius 1 is 1.28 bits per heavy atom. The van der Waals surface area contributed by atoms with E-state index in [9.17, 15) is 4.79 Å². The van der Waals surface area contributed by atoms with Crippen LogP contribution in [0.4, 0.5) is 0 Å². The van der Waals surface area contributed by atoms with E-state index in [0.717, 1.165) is 21.9 Å². The number of benzene rings is 1. The second kappa shape index (κ2) is 6.68. The van der Waals surface area contributed by atoms with Gasteiger partial charge in [-0.05, 0) is 37.6 Å². The number of hydrogen-bond donors (Lipinski definition) is 2. The van der Waals surface area contributed by atoms with Gasteiger partial charge in [0, 0.05) is 27.1 Å². The third kappa shape index (κ3) is 4.07. The Hall–Kier alpha value is -0.390. The molecule has 3 nitrogen and oxygen atoms in total. The molecule has 0 aliphatic carbocycles. The fourth-order valence-corrected chi connectivity index (χ4v) is 3.39. The van der Waals surface area contributed by atoms with Gasteiger partial charge in [-0.25, -0.2) is 0 Å². The van der Waals surface area contributed by atoms with Gasteiger partial charge in [0.05, 0.1) is 0 Å². The normalized spacial score (nSPS) is 19.6. The minimum absolute atomic E-state index is 0.0237. The van der Waals surface area contributed by atoms with Crippen molar-refractivity contribution >= 4 is 37.8 Å². The van der Waals surface area contributed by atoms with Crippen LogP contribution >= 0.6 is 31.9 Å². The number of carbonyl (C=O) groups is 1. The third-order valence-corrected chi connectivity index (χ3v) is 3.96. The predicted molar refractivity (Wildman–Crippen MR) is 79.8 cm³/mol. The molecule has 1 fully saturated rings. The monoisotopic (exact) mass is 374 g/mol. The maximum atomic E-state index is 12.0. The van der Waals surface area contributed by atoms with Crippen molar-refractivity contribution in [1.82, 2.24) is 10.6 Å². The summed E-state index contributed by atoms with van der Waals surface area (Å²) in [5.74, 6) is -0.0237. The number of halogens is 2. The van der Waals surface area contributed by atoms with Crippen LogP contribution in [0.25, 0.3) is 0 Å². The van der Waals surface area contributed by atoms with E-state index in [2.05, 4.69) is 42.5 Å². The quantitative estimate of drug-likeness (QED) is 0.852. The molecule has 1 unspecified atom stereocenters. The summed E-state index contributed by atoms with van der Waals surface area (Å²) in [6.07, 6.45) is 3.63. The molecule has 0 saturated carbocycles. The van der Waals surface area contributed by atoms with E-state index >= 15 is 0 Å². The van der Waals surface area contributed by atoms with Crippen LogP contribution in [-0.2, 0) is 0 Å². The Labute approximate surface area is 124 Å². The van der Waals surface area contributed by atoms with Crippen LogP contribution in [-0.4, -0.2) is 25.0 Å². The Bertz CT molecular complexity index is 411. The second-order valence-corrected chi connectivity index (χ2v) is 6.35. The van der Waals surface area contributed by atoms with Crippen molar-refractivity contribution in [3.8, 4) is 0 Å². The number of nitrogens with one attached hydrogen (secondary N) is 2. The van der Waals surface area contributed by atoms with Crippen molar-refractivity contribution in [3.63, 3.8) is 0 Å². The molecule has 1 saturated heterocycles. The van der Waals surface area contributed by atoms with Crippen LogP contribution in [0, 0.1) is 0 Å². The van der Waals surface area contributed by atoms with E-state index in [4.69, 9.17) is 0 Å². The number of rotatable bonds is 3. The molecule has 1 aromatic rings. The van der Waals surface area contributed by atoms with Crippen LogP contribution < -0.4 is 10.6 Å². The zero-order valence-electron chi connectivity index (χ0n) is 10.0. The molecule has 18 heavy (non-hydrogen) atoms. The standard InChI is InChI=1S/C13H16Br2N2O/c14-10-5-9(6-11(15)7-10)13(18)17-8-12-3-1-2-4-16-12/h5-7,12,16H,1-4,8H2,(H,17,18). The first-order chi connectivity index (χ1) is 8.65. The first-order valence-corrected chi connectivity index (χ1v) is 7.71. The van der Waals surface area contributed by atoms with Gasteiger partial charge in [0.15, 0.2) is 0 Å². The molecule has 1 amide bonds. The summed E-state index contributed by atoms with van der Waals surface area (Å²) in [7, 11) is 0. The Morgan fingerprint density at radius 3 is 2.61 bits per heavy atom. The van der Waals surface area contributed by atoms with Crippen molar-refractivity contribution < 1.29 is 4.79 Å². The Morgan fingerprint density at radius 2 is 2.00 bits per heavy atom. The molecule has 98 valence electrons. The van der Waals surface area contributed by atoms with Crippen LogP contribution in [0.2, 0.25) is 0 Å². The number of piperidine rings is 1. The van der Waals surface area contributed by atoms with Gasteiger partial charge in [-0.2, -0.15) is 0 Å². The summed E-state index contributed by atoms with van der Waals surface area (Å²) >= 11 is 6.77. The van der Waals surface area contributed by atoms with Gasteiger partial charge in [-0.3, -0.25) is 4.79 Å². The van der Waals surface area contributed by atoms with E-state index in [1.54, 1.807) is 0 Å². The topological polar surface area (TPSA) is 41.1 Å². The van der Waals surface area contributed by atoms with E-state index in [0.29, 0.717) is 18.2 Å². The van der Waals surface area contributed by atoms with Crippen molar-refractivity contribution in [2.75, 3.05) is 13.1 Å². The van der Waals surface area contributed by atoms with Gasteiger partial charge < -0.3 is 10.6 Å². The highest BCUT2D eigenvalue weighted by Crippen LogP contribution is 2.20. The molecule has 1 atom stereocenters. The van der Waals surface area contributed by atoms with Gasteiger partial charge in [0.25, 0.3) is 5.91 Å². The van der Waals surface area contributed by atoms with Gasteiger partial charge in [0.1, 0.15) is 0 Å². The molecule has 1 aliphatic rings. The molecular weight excluding hydrogens is 360 g/mol. The van der Waals surface area contributed by atoms with E-state index < -0.39 is 0 Å². The molecule has 2 rings (SSSR count). The van der Waals surface area contributed by atoms with Crippen molar-refractivity contribution in [2.45, 2.75) is 25.3 Å². The van der Waals surface area contributed by atoms with E-state index in [-0.39, 0.29) is 5.91 Å². The van der Waals surface area contributed by atoms with Gasteiger partial charge in [-0.15, -0.1) is 0 Å². The fourth-order valence-electron chi connectivity index (χ4n) is 2.10. The minimum Gasteiger partial charge on any atom is -0.350 e. The summed E-state index contributed by atoms with van der Waals surface area (Å²) in [5.41, 5.74) is 0.673. The van der Waals surface area contributed by atoms with Crippen LogP contribution in [0.15, 0.2) is 27.1 Å². The number of carbonyl (C=O) groups excluding carboxylic acids is 1. The van der Waals surface area contributed by atoms with Crippen LogP contribution in [0.5, 0.6) is 0 Å². The zero-order chi connectivity index (χ0) is 13.0. The molecule has 1 heterocycles. The average molecular weight is 376 g/mol. The highest BCUT2D eigenvalue weighted by Gasteiger charge is 2.14. The molecule has 1 aromatic carbocycles. The highest BCUT2D eigenvalue weighted by molar-refractivity contribution is 9.11. The highest BCUT2D eigenvalue weighted by atomic mass is 79.9. The maximum absolute atomic E-state index is 12.0. The lowest BCUT2D eigenvalue weighted by molar-refractivity contribution is 0.0947. The summed E-state index contributed by atoms with van der Waals surface area (Å²) < 4.78 is 1.80. The SMILES string of the molecule is O=C(NCC1CCCCN1)c1cc(Br)cc(Br)c1. The van der Waals surface area contributed by atoms with Crippen LogP contribution in [0.1, 0.15) is 29.6 Å². The third-order valence-electron chi connectivity index (χ3n) is 3.05. The van der Waals surface area contributed by atoms with Crippen molar-refractivity contribution in [3.05, 3.63) is 32.7 Å². The van der Waals surface area contributed by atoms with E-state index in [1.165, 1.54) is 12.8 Å². The van der Waals surface area contributed by atoms with Crippen LogP contribution in [0.3, 0.4) is 0 Å². The molecular formula is C13H16Br2N2O. The smallest absolute Gasteiger partial charge is 0.251 e. The number of amides is 1. The zero-order valence-corrected chi connectivity index (χ0v) is 13.2. The van der Waals surface area contributed by atoms with Gasteiger partial charge in [0.2, 0.25) is 0 Å². The lowest BCUT2D eigenvalue weighted by Crippen LogP contribution is -2.43. The lowest BCUT2D eigenvalue weighted by Gasteiger charge is -2.23. The maximum Gasteiger partial charge on any atom is 0.251 e. The first kappa shape index (κ1) is 14.0. The van der Waals surface area contributed by atoms with Gasteiger partial charge in [-0.1, -0.05) is 38.3 Å². The Kier molecular flexibility index (Phi) is 5.21. The van der Waals surface area contributed by atoms with E-state index in [1.807, 2.05) is 18.2 Å². The molecule has 0 aromatic heterocycles. The first-order valence-electron chi connectivity index (χ1n) is 6.13. The van der Waals surface area contributed by atoms with Crippen molar-refractivity contribution in [1.29, 1.82) is 0 Å². The number of hydrogen-bond acceptors (Lipinski definition) is 2. The second-order valence-electron chi connectivity index (χ2n) is 4.51. The largest absolute Gasteiger partial charge is 0.350 e. The lowest BCUT2D eigenvalue weighted by atomic mass is 10.1. The van der Waals surface area contributed by atoms with Gasteiger partial charge >= 0.3 is 0 Å². The summed E-state index contributed by atoms with van der Waals surface area (Å²) in [4.78, 5) is 12.0.